The fourth-order valence-electron chi connectivity index (χ4n) is 3.59. The first-order valence-corrected chi connectivity index (χ1v) is 9.81. The number of ether oxygens (including phenoxy) is 1. The molecule has 0 unspecified atom stereocenters. The number of nitrogens with one attached hydrogen (secondary N) is 1. The molecular weight excluding hydrogens is 322 g/mol. The van der Waals surface area contributed by atoms with E-state index in [4.69, 9.17) is 4.74 Å². The average Bonchev–Trinajstić information content (AvgIpc) is 3.21. The lowest BCUT2D eigenvalue weighted by Crippen LogP contribution is -2.29. The first kappa shape index (κ1) is 18.7. The fraction of sp³-hybridized carbons (Fsp3) is 0.435. The Hall–Kier alpha value is -2.13. The van der Waals surface area contributed by atoms with E-state index < -0.39 is 0 Å². The zero-order chi connectivity index (χ0) is 18.0. The Labute approximate surface area is 156 Å². The lowest BCUT2D eigenvalue weighted by Gasteiger charge is -2.20. The lowest BCUT2D eigenvalue weighted by atomic mass is 9.98. The maximum absolute atomic E-state index is 12.4. The van der Waals surface area contributed by atoms with Gasteiger partial charge in [-0.25, -0.2) is 0 Å². The van der Waals surface area contributed by atoms with E-state index in [2.05, 4.69) is 41.7 Å². The summed E-state index contributed by atoms with van der Waals surface area (Å²) in [5.41, 5.74) is 2.54. The van der Waals surface area contributed by atoms with E-state index in [1.54, 1.807) is 0 Å². The number of aryl methyl sites for hydroxylation is 1. The minimum absolute atomic E-state index is 0.0805. The smallest absolute Gasteiger partial charge is 0.220 e. The van der Waals surface area contributed by atoms with E-state index in [1.165, 1.54) is 11.1 Å². The van der Waals surface area contributed by atoms with Gasteiger partial charge in [-0.05, 0) is 49.7 Å². The standard InChI is InChI=1S/C23H29NO2/c25-23(17-16-21-14-8-18-26-21)24-22(20-12-5-2-6-13-20)15-7-11-19-9-3-1-4-10-19/h1-6,9-10,12-13,21-22H,7-8,11,14-18H2,(H,24,25)/t21-,22-/m0/s1. The monoisotopic (exact) mass is 351 g/mol. The predicted molar refractivity (Wildman–Crippen MR) is 105 cm³/mol. The van der Waals surface area contributed by atoms with Crippen LogP contribution in [-0.2, 0) is 16.0 Å². The Morgan fingerprint density at radius 3 is 2.50 bits per heavy atom. The molecule has 26 heavy (non-hydrogen) atoms. The van der Waals surface area contributed by atoms with Crippen LogP contribution < -0.4 is 5.32 Å². The number of hydrogen-bond donors (Lipinski definition) is 1. The van der Waals surface area contributed by atoms with E-state index in [-0.39, 0.29) is 18.1 Å². The number of rotatable bonds is 9. The molecule has 1 amide bonds. The van der Waals surface area contributed by atoms with E-state index in [1.807, 2.05) is 24.3 Å². The largest absolute Gasteiger partial charge is 0.378 e. The molecule has 2 aromatic rings. The van der Waals surface area contributed by atoms with Gasteiger partial charge in [0, 0.05) is 13.0 Å². The predicted octanol–water partition coefficient (Wildman–Crippen LogP) is 4.83. The second kappa shape index (κ2) is 10.1. The van der Waals surface area contributed by atoms with Crippen molar-refractivity contribution in [1.29, 1.82) is 0 Å². The Kier molecular flexibility index (Phi) is 7.26. The van der Waals surface area contributed by atoms with Crippen LogP contribution in [0, 0.1) is 0 Å². The molecule has 3 rings (SSSR count). The van der Waals surface area contributed by atoms with Crippen molar-refractivity contribution < 1.29 is 9.53 Å². The molecule has 0 saturated carbocycles. The van der Waals surface area contributed by atoms with Crippen LogP contribution in [0.25, 0.3) is 0 Å². The van der Waals surface area contributed by atoms with Crippen LogP contribution in [0.1, 0.15) is 55.7 Å². The molecule has 3 heteroatoms. The number of carbonyl (C=O) groups is 1. The van der Waals surface area contributed by atoms with Crippen molar-refractivity contribution in [3.8, 4) is 0 Å². The lowest BCUT2D eigenvalue weighted by molar-refractivity contribution is -0.122. The summed E-state index contributed by atoms with van der Waals surface area (Å²) in [7, 11) is 0. The molecule has 1 aliphatic heterocycles. The third kappa shape index (κ3) is 5.99. The summed E-state index contributed by atoms with van der Waals surface area (Å²) in [6, 6.07) is 20.9. The van der Waals surface area contributed by atoms with Crippen LogP contribution in [0.5, 0.6) is 0 Å². The van der Waals surface area contributed by atoms with Gasteiger partial charge < -0.3 is 10.1 Å². The Morgan fingerprint density at radius 2 is 1.81 bits per heavy atom. The van der Waals surface area contributed by atoms with Gasteiger partial charge in [0.2, 0.25) is 5.91 Å². The summed E-state index contributed by atoms with van der Waals surface area (Å²) < 4.78 is 5.63. The van der Waals surface area contributed by atoms with Crippen LogP contribution in [-0.4, -0.2) is 18.6 Å². The molecule has 1 heterocycles. The average molecular weight is 351 g/mol. The van der Waals surface area contributed by atoms with Crippen LogP contribution in [0.3, 0.4) is 0 Å². The highest BCUT2D eigenvalue weighted by molar-refractivity contribution is 5.76. The van der Waals surface area contributed by atoms with E-state index in [9.17, 15) is 4.79 Å². The molecule has 138 valence electrons. The van der Waals surface area contributed by atoms with Crippen molar-refractivity contribution in [3.05, 3.63) is 71.8 Å². The van der Waals surface area contributed by atoms with Gasteiger partial charge in [-0.3, -0.25) is 4.79 Å². The molecule has 2 atom stereocenters. The zero-order valence-electron chi connectivity index (χ0n) is 15.4. The molecular formula is C23H29NO2. The second-order valence-corrected chi connectivity index (χ2v) is 7.08. The molecule has 3 nitrogen and oxygen atoms in total. The summed E-state index contributed by atoms with van der Waals surface area (Å²) in [5, 5.41) is 3.25. The van der Waals surface area contributed by atoms with Crippen LogP contribution in [0.15, 0.2) is 60.7 Å². The van der Waals surface area contributed by atoms with Crippen molar-refractivity contribution in [2.24, 2.45) is 0 Å². The molecule has 1 fully saturated rings. The highest BCUT2D eigenvalue weighted by Crippen LogP contribution is 2.21. The topological polar surface area (TPSA) is 38.3 Å². The van der Waals surface area contributed by atoms with Gasteiger partial charge in [0.25, 0.3) is 0 Å². The molecule has 1 saturated heterocycles. The number of carbonyl (C=O) groups excluding carboxylic acids is 1. The van der Waals surface area contributed by atoms with E-state index in [0.717, 1.165) is 45.1 Å². The quantitative estimate of drug-likeness (QED) is 0.703. The maximum Gasteiger partial charge on any atom is 0.220 e. The number of benzene rings is 2. The van der Waals surface area contributed by atoms with Crippen LogP contribution >= 0.6 is 0 Å². The summed E-state index contributed by atoms with van der Waals surface area (Å²) in [5.74, 6) is 0.133. The minimum atomic E-state index is 0.0805. The third-order valence-corrected chi connectivity index (χ3v) is 5.06. The van der Waals surface area contributed by atoms with Crippen LogP contribution in [0.4, 0.5) is 0 Å². The van der Waals surface area contributed by atoms with Gasteiger partial charge in [0.1, 0.15) is 0 Å². The summed E-state index contributed by atoms with van der Waals surface area (Å²) in [4.78, 5) is 12.4. The first-order valence-electron chi connectivity index (χ1n) is 9.81. The Bertz CT molecular complexity index is 650. The SMILES string of the molecule is O=C(CC[C@@H]1CCCO1)N[C@@H](CCCc1ccccc1)c1ccccc1. The third-order valence-electron chi connectivity index (χ3n) is 5.06. The molecule has 0 radical (unpaired) electrons. The van der Waals surface area contributed by atoms with Crippen molar-refractivity contribution in [1.82, 2.24) is 5.32 Å². The van der Waals surface area contributed by atoms with Crippen molar-refractivity contribution in [2.75, 3.05) is 6.61 Å². The van der Waals surface area contributed by atoms with Crippen LogP contribution in [0.2, 0.25) is 0 Å². The molecule has 1 N–H and O–H groups in total. The maximum atomic E-state index is 12.4. The number of hydrogen-bond acceptors (Lipinski definition) is 2. The molecule has 0 aromatic heterocycles. The summed E-state index contributed by atoms with van der Waals surface area (Å²) >= 11 is 0. The normalized spacial score (nSPS) is 17.8. The van der Waals surface area contributed by atoms with E-state index in [0.29, 0.717) is 6.42 Å². The molecule has 0 bridgehead atoms. The highest BCUT2D eigenvalue weighted by Gasteiger charge is 2.19. The number of amides is 1. The summed E-state index contributed by atoms with van der Waals surface area (Å²) in [6.45, 7) is 0.846. The van der Waals surface area contributed by atoms with Gasteiger partial charge in [-0.2, -0.15) is 0 Å². The molecule has 0 spiro atoms. The second-order valence-electron chi connectivity index (χ2n) is 7.08. The van der Waals surface area contributed by atoms with Gasteiger partial charge in [0.05, 0.1) is 12.1 Å². The molecule has 1 aliphatic rings. The van der Waals surface area contributed by atoms with Gasteiger partial charge in [-0.15, -0.1) is 0 Å². The van der Waals surface area contributed by atoms with Gasteiger partial charge in [-0.1, -0.05) is 60.7 Å². The summed E-state index contributed by atoms with van der Waals surface area (Å²) in [6.07, 6.45) is 6.90. The highest BCUT2D eigenvalue weighted by atomic mass is 16.5. The minimum Gasteiger partial charge on any atom is -0.378 e. The Balaban J connectivity index is 1.52. The van der Waals surface area contributed by atoms with Gasteiger partial charge in [0.15, 0.2) is 0 Å². The van der Waals surface area contributed by atoms with Crippen molar-refractivity contribution >= 4 is 5.91 Å². The first-order chi connectivity index (χ1) is 12.8. The van der Waals surface area contributed by atoms with Crippen molar-refractivity contribution in [3.63, 3.8) is 0 Å². The van der Waals surface area contributed by atoms with Crippen molar-refractivity contribution in [2.45, 2.75) is 57.1 Å². The van der Waals surface area contributed by atoms with Gasteiger partial charge >= 0.3 is 0 Å². The van der Waals surface area contributed by atoms with E-state index >= 15 is 0 Å². The Morgan fingerprint density at radius 1 is 1.08 bits per heavy atom. The fourth-order valence-corrected chi connectivity index (χ4v) is 3.59. The molecule has 0 aliphatic carbocycles. The molecule has 2 aromatic carbocycles. The zero-order valence-corrected chi connectivity index (χ0v) is 15.4.